The molecular formula is C9H12N2O2S. The Morgan fingerprint density at radius 1 is 1.43 bits per heavy atom. The summed E-state index contributed by atoms with van der Waals surface area (Å²) in [6.07, 6.45) is 1.36. The predicted molar refractivity (Wildman–Crippen MR) is 59.5 cm³/mol. The number of nitrogens with two attached hydrogens (primary N) is 1. The van der Waals surface area contributed by atoms with Crippen molar-refractivity contribution in [2.45, 2.75) is 0 Å². The van der Waals surface area contributed by atoms with Crippen molar-refractivity contribution in [1.29, 1.82) is 0 Å². The first-order valence-electron chi connectivity index (χ1n) is 3.88. The van der Waals surface area contributed by atoms with Gasteiger partial charge in [-0.3, -0.25) is 9.52 Å². The van der Waals surface area contributed by atoms with Crippen molar-refractivity contribution in [1.82, 2.24) is 4.72 Å². The Hall–Kier alpha value is -1.49. The van der Waals surface area contributed by atoms with Gasteiger partial charge in [0.05, 0.1) is 0 Å². The first-order valence-corrected chi connectivity index (χ1v) is 6.02. The molecule has 14 heavy (non-hydrogen) atoms. The van der Waals surface area contributed by atoms with Crippen molar-refractivity contribution in [3.8, 4) is 0 Å². The number of benzene rings is 1. The Labute approximate surface area is 83.3 Å². The van der Waals surface area contributed by atoms with Crippen molar-refractivity contribution >= 4 is 27.2 Å². The van der Waals surface area contributed by atoms with E-state index >= 15 is 0 Å². The van der Waals surface area contributed by atoms with Crippen LogP contribution in [0.2, 0.25) is 0 Å². The molecule has 0 saturated heterocycles. The van der Waals surface area contributed by atoms with Crippen molar-refractivity contribution in [2.24, 2.45) is 0 Å². The molecule has 1 aromatic carbocycles. The number of carbonyl (C=O) groups is 1. The van der Waals surface area contributed by atoms with Gasteiger partial charge in [-0.1, -0.05) is 0 Å². The molecule has 1 atom stereocenters. The molecule has 0 spiro atoms. The molecule has 1 aromatic rings. The Balaban J connectivity index is 2.86. The lowest BCUT2D eigenvalue weighted by Gasteiger charge is -2.05. The third-order valence-corrected chi connectivity index (χ3v) is 2.10. The van der Waals surface area contributed by atoms with Gasteiger partial charge in [-0.2, -0.15) is 0 Å². The minimum Gasteiger partial charge on any atom is -0.399 e. The van der Waals surface area contributed by atoms with Crippen LogP contribution >= 0.6 is 0 Å². The van der Waals surface area contributed by atoms with Gasteiger partial charge in [-0.05, 0) is 30.1 Å². The Morgan fingerprint density at radius 3 is 2.36 bits per heavy atom. The second kappa shape index (κ2) is 3.71. The van der Waals surface area contributed by atoms with E-state index in [4.69, 9.17) is 5.73 Å². The molecule has 0 saturated carbocycles. The SMILES string of the molecule is C=S(C)(=O)NC(=O)c1ccc(N)cc1. The summed E-state index contributed by atoms with van der Waals surface area (Å²) in [5, 5.41) is 0. The molecule has 1 amide bonds. The second-order valence-corrected chi connectivity index (χ2v) is 5.27. The van der Waals surface area contributed by atoms with Gasteiger partial charge < -0.3 is 5.73 Å². The summed E-state index contributed by atoms with van der Waals surface area (Å²) >= 11 is 0. The van der Waals surface area contributed by atoms with Crippen molar-refractivity contribution in [3.05, 3.63) is 29.8 Å². The normalized spacial score (nSPS) is 14.4. The van der Waals surface area contributed by atoms with E-state index in [0.717, 1.165) is 0 Å². The Morgan fingerprint density at radius 2 is 1.93 bits per heavy atom. The van der Waals surface area contributed by atoms with Gasteiger partial charge >= 0.3 is 0 Å². The fraction of sp³-hybridized carbons (Fsp3) is 0.111. The maximum absolute atomic E-state index is 11.4. The molecule has 0 aliphatic rings. The first-order chi connectivity index (χ1) is 6.38. The average molecular weight is 212 g/mol. The highest BCUT2D eigenvalue weighted by Gasteiger charge is 2.06. The molecule has 4 nitrogen and oxygen atoms in total. The van der Waals surface area contributed by atoms with Crippen LogP contribution in [0.3, 0.4) is 0 Å². The van der Waals surface area contributed by atoms with E-state index in [1.54, 1.807) is 24.3 Å². The fourth-order valence-corrected chi connectivity index (χ4v) is 1.40. The number of nitrogen functional groups attached to an aromatic ring is 1. The van der Waals surface area contributed by atoms with Crippen LogP contribution in [-0.4, -0.2) is 22.2 Å². The zero-order valence-corrected chi connectivity index (χ0v) is 8.64. The molecule has 0 radical (unpaired) electrons. The van der Waals surface area contributed by atoms with Gasteiger partial charge in [0.15, 0.2) is 0 Å². The summed E-state index contributed by atoms with van der Waals surface area (Å²) in [4.78, 5) is 11.4. The molecule has 0 bridgehead atoms. The number of hydrogen-bond acceptors (Lipinski definition) is 3. The number of nitrogens with one attached hydrogen (secondary N) is 1. The van der Waals surface area contributed by atoms with E-state index in [1.165, 1.54) is 6.26 Å². The third kappa shape index (κ3) is 3.10. The highest BCUT2D eigenvalue weighted by atomic mass is 32.2. The topological polar surface area (TPSA) is 72.2 Å². The average Bonchev–Trinajstić information content (AvgIpc) is 2.02. The monoisotopic (exact) mass is 212 g/mol. The summed E-state index contributed by atoms with van der Waals surface area (Å²) < 4.78 is 13.5. The van der Waals surface area contributed by atoms with Crippen LogP contribution in [0.4, 0.5) is 5.69 Å². The van der Waals surface area contributed by atoms with Crippen molar-refractivity contribution in [3.63, 3.8) is 0 Å². The molecule has 0 aromatic heterocycles. The van der Waals surface area contributed by atoms with Crippen molar-refractivity contribution in [2.75, 3.05) is 12.0 Å². The van der Waals surface area contributed by atoms with Gasteiger partial charge in [0.1, 0.15) is 0 Å². The summed E-state index contributed by atoms with van der Waals surface area (Å²) in [5.41, 5.74) is 6.45. The quantitative estimate of drug-likeness (QED) is 0.545. The summed E-state index contributed by atoms with van der Waals surface area (Å²) in [7, 11) is -2.51. The predicted octanol–water partition coefficient (Wildman–Crippen LogP) is 0.260. The maximum atomic E-state index is 11.4. The number of hydrogen-bond donors (Lipinski definition) is 2. The lowest BCUT2D eigenvalue weighted by molar-refractivity contribution is 0.0983. The largest absolute Gasteiger partial charge is 0.399 e. The van der Waals surface area contributed by atoms with Crippen LogP contribution in [0.15, 0.2) is 24.3 Å². The van der Waals surface area contributed by atoms with Crippen molar-refractivity contribution < 1.29 is 9.00 Å². The highest BCUT2D eigenvalue weighted by Crippen LogP contribution is 2.05. The van der Waals surface area contributed by atoms with E-state index in [0.29, 0.717) is 11.3 Å². The minimum atomic E-state index is -2.51. The lowest BCUT2D eigenvalue weighted by Crippen LogP contribution is -2.29. The number of carbonyl (C=O) groups excluding carboxylic acids is 1. The molecule has 76 valence electrons. The van der Waals surface area contributed by atoms with Crippen LogP contribution in [0.25, 0.3) is 0 Å². The molecule has 1 rings (SSSR count). The molecule has 1 unspecified atom stereocenters. The zero-order valence-electron chi connectivity index (χ0n) is 7.82. The van der Waals surface area contributed by atoms with E-state index in [1.807, 2.05) is 0 Å². The van der Waals surface area contributed by atoms with Gasteiger partial charge in [-0.25, -0.2) is 4.21 Å². The third-order valence-electron chi connectivity index (χ3n) is 1.48. The second-order valence-electron chi connectivity index (χ2n) is 3.06. The number of rotatable bonds is 2. The number of anilines is 1. The van der Waals surface area contributed by atoms with Gasteiger partial charge in [0.2, 0.25) is 0 Å². The fourth-order valence-electron chi connectivity index (χ4n) is 0.890. The zero-order chi connectivity index (χ0) is 10.8. The van der Waals surface area contributed by atoms with Crippen LogP contribution < -0.4 is 10.5 Å². The molecule has 0 heterocycles. The summed E-state index contributed by atoms with van der Waals surface area (Å²) in [6.45, 7) is 0. The van der Waals surface area contributed by atoms with E-state index in [9.17, 15) is 9.00 Å². The molecule has 0 aliphatic carbocycles. The van der Waals surface area contributed by atoms with Crippen LogP contribution in [0.5, 0.6) is 0 Å². The minimum absolute atomic E-state index is 0.410. The van der Waals surface area contributed by atoms with Gasteiger partial charge in [0.25, 0.3) is 5.91 Å². The first kappa shape index (κ1) is 10.6. The van der Waals surface area contributed by atoms with E-state index in [2.05, 4.69) is 10.6 Å². The molecule has 0 aliphatic heterocycles. The Bertz CT molecular complexity index is 434. The molecule has 3 N–H and O–H groups in total. The smallest absolute Gasteiger partial charge is 0.262 e. The summed E-state index contributed by atoms with van der Waals surface area (Å²) in [6, 6.07) is 6.34. The van der Waals surface area contributed by atoms with E-state index in [-0.39, 0.29) is 0 Å². The van der Waals surface area contributed by atoms with Crippen LogP contribution in [0, 0.1) is 0 Å². The van der Waals surface area contributed by atoms with Crippen LogP contribution in [-0.2, 0) is 9.71 Å². The maximum Gasteiger partial charge on any atom is 0.262 e. The molecular weight excluding hydrogens is 200 g/mol. The van der Waals surface area contributed by atoms with Gasteiger partial charge in [0, 0.05) is 27.2 Å². The van der Waals surface area contributed by atoms with E-state index < -0.39 is 15.6 Å². The highest BCUT2D eigenvalue weighted by molar-refractivity contribution is 7.98. The van der Waals surface area contributed by atoms with Gasteiger partial charge in [-0.15, -0.1) is 0 Å². The Kier molecular flexibility index (Phi) is 2.81. The summed E-state index contributed by atoms with van der Waals surface area (Å²) in [5.74, 6) is 2.91. The van der Waals surface area contributed by atoms with Crippen LogP contribution in [0.1, 0.15) is 10.4 Å². The standard InChI is InChI=1S/C9H12N2O2S/c1-14(2,13)11-9(12)7-3-5-8(10)6-4-7/h3-6H,1,10H2,2H3,(H,11,12,13). The molecule has 5 heteroatoms. The lowest BCUT2D eigenvalue weighted by atomic mass is 10.2. The number of amides is 1. The molecule has 0 fully saturated rings.